The predicted molar refractivity (Wildman–Crippen MR) is 81.7 cm³/mol. The van der Waals surface area contributed by atoms with Gasteiger partial charge in [0.25, 0.3) is 5.91 Å². The lowest BCUT2D eigenvalue weighted by atomic mass is 9.94. The van der Waals surface area contributed by atoms with Gasteiger partial charge in [0, 0.05) is 23.2 Å². The van der Waals surface area contributed by atoms with Crippen molar-refractivity contribution < 1.29 is 4.79 Å². The van der Waals surface area contributed by atoms with Crippen molar-refractivity contribution in [3.63, 3.8) is 0 Å². The summed E-state index contributed by atoms with van der Waals surface area (Å²) < 4.78 is 0. The maximum absolute atomic E-state index is 12.3. The molecule has 1 aliphatic rings. The van der Waals surface area contributed by atoms with E-state index in [1.807, 2.05) is 18.4 Å². The Bertz CT molecular complexity index is 622. The van der Waals surface area contributed by atoms with E-state index in [-0.39, 0.29) is 5.91 Å². The number of nitrogens with one attached hydrogen (secondary N) is 2. The van der Waals surface area contributed by atoms with Gasteiger partial charge in [0.15, 0.2) is 5.13 Å². The van der Waals surface area contributed by atoms with E-state index in [9.17, 15) is 4.79 Å². The number of rotatable bonds is 3. The average molecular weight is 303 g/mol. The minimum absolute atomic E-state index is 0.231. The van der Waals surface area contributed by atoms with Crippen LogP contribution in [0, 0.1) is 6.92 Å². The molecule has 0 radical (unpaired) electrons. The molecule has 2 aromatic rings. The zero-order valence-corrected chi connectivity index (χ0v) is 12.6. The summed E-state index contributed by atoms with van der Waals surface area (Å²) in [4.78, 5) is 25.1. The van der Waals surface area contributed by atoms with Gasteiger partial charge in [-0.15, -0.1) is 11.3 Å². The molecule has 1 saturated heterocycles. The summed E-state index contributed by atoms with van der Waals surface area (Å²) >= 11 is 1.39. The first-order valence-electron chi connectivity index (χ1n) is 6.99. The number of hydrogen-bond donors (Lipinski definition) is 2. The Hall–Kier alpha value is -1.86. The lowest BCUT2D eigenvalue weighted by Gasteiger charge is -2.22. The number of anilines is 1. The molecule has 110 valence electrons. The molecule has 6 nitrogen and oxygen atoms in total. The van der Waals surface area contributed by atoms with E-state index in [0.29, 0.717) is 22.6 Å². The van der Waals surface area contributed by atoms with Crippen LogP contribution in [0.25, 0.3) is 0 Å². The van der Waals surface area contributed by atoms with E-state index < -0.39 is 0 Å². The summed E-state index contributed by atoms with van der Waals surface area (Å²) in [7, 11) is 0. The van der Waals surface area contributed by atoms with E-state index >= 15 is 0 Å². The highest BCUT2D eigenvalue weighted by atomic mass is 32.1. The summed E-state index contributed by atoms with van der Waals surface area (Å²) in [6.45, 7) is 3.81. The average Bonchev–Trinajstić information content (AvgIpc) is 3.00. The Balaban J connectivity index is 1.81. The predicted octanol–water partition coefficient (Wildman–Crippen LogP) is 1.96. The topological polar surface area (TPSA) is 79.8 Å². The Morgan fingerprint density at radius 2 is 2.19 bits per heavy atom. The number of aromatic nitrogens is 3. The molecule has 0 saturated carbocycles. The number of aryl methyl sites for hydroxylation is 1. The van der Waals surface area contributed by atoms with Gasteiger partial charge in [-0.1, -0.05) is 0 Å². The molecule has 0 unspecified atom stereocenters. The van der Waals surface area contributed by atoms with Crippen LogP contribution in [-0.4, -0.2) is 33.9 Å². The standard InChI is InChI=1S/C14H17N5OS/c1-9-17-11(10-2-4-15-5-3-10)8-12(18-9)13(20)19-14-16-6-7-21-14/h6-8,10,15H,2-5H2,1H3,(H,16,19,20). The lowest BCUT2D eigenvalue weighted by molar-refractivity contribution is 0.102. The number of carbonyl (C=O) groups excluding carboxylic acids is 1. The highest BCUT2D eigenvalue weighted by Crippen LogP contribution is 2.24. The Labute approximate surface area is 127 Å². The van der Waals surface area contributed by atoms with Crippen LogP contribution in [-0.2, 0) is 0 Å². The van der Waals surface area contributed by atoms with Crippen molar-refractivity contribution in [2.75, 3.05) is 18.4 Å². The minimum Gasteiger partial charge on any atom is -0.317 e. The van der Waals surface area contributed by atoms with Gasteiger partial charge in [0.2, 0.25) is 0 Å². The SMILES string of the molecule is Cc1nc(C(=O)Nc2nccs2)cc(C2CCNCC2)n1. The van der Waals surface area contributed by atoms with Gasteiger partial charge in [0.1, 0.15) is 11.5 Å². The third-order valence-electron chi connectivity index (χ3n) is 3.50. The van der Waals surface area contributed by atoms with Crippen molar-refractivity contribution in [2.24, 2.45) is 0 Å². The van der Waals surface area contributed by atoms with E-state index in [1.54, 1.807) is 6.20 Å². The zero-order chi connectivity index (χ0) is 14.7. The molecule has 0 aliphatic carbocycles. The molecule has 1 aliphatic heterocycles. The van der Waals surface area contributed by atoms with Gasteiger partial charge < -0.3 is 5.32 Å². The van der Waals surface area contributed by atoms with Gasteiger partial charge in [-0.25, -0.2) is 15.0 Å². The number of thiazole rings is 1. The molecule has 0 bridgehead atoms. The molecule has 1 amide bonds. The lowest BCUT2D eigenvalue weighted by Crippen LogP contribution is -2.27. The number of carbonyl (C=O) groups is 1. The summed E-state index contributed by atoms with van der Waals surface area (Å²) in [5.74, 6) is 0.806. The molecular weight excluding hydrogens is 286 g/mol. The van der Waals surface area contributed by atoms with Crippen molar-refractivity contribution in [3.05, 3.63) is 34.9 Å². The molecule has 0 atom stereocenters. The van der Waals surface area contributed by atoms with Crippen LogP contribution >= 0.6 is 11.3 Å². The van der Waals surface area contributed by atoms with Crippen LogP contribution in [0.2, 0.25) is 0 Å². The number of hydrogen-bond acceptors (Lipinski definition) is 6. The smallest absolute Gasteiger partial charge is 0.276 e. The van der Waals surface area contributed by atoms with Crippen LogP contribution in [0.5, 0.6) is 0 Å². The second-order valence-electron chi connectivity index (χ2n) is 5.04. The van der Waals surface area contributed by atoms with Crippen LogP contribution < -0.4 is 10.6 Å². The van der Waals surface area contributed by atoms with Crippen molar-refractivity contribution in [2.45, 2.75) is 25.7 Å². The molecule has 1 fully saturated rings. The van der Waals surface area contributed by atoms with Gasteiger partial charge >= 0.3 is 0 Å². The summed E-state index contributed by atoms with van der Waals surface area (Å²) in [5.41, 5.74) is 1.37. The quantitative estimate of drug-likeness (QED) is 0.906. The van der Waals surface area contributed by atoms with Crippen molar-refractivity contribution in [1.82, 2.24) is 20.3 Å². The maximum atomic E-state index is 12.3. The normalized spacial score (nSPS) is 15.9. The van der Waals surface area contributed by atoms with Crippen molar-refractivity contribution >= 4 is 22.4 Å². The fraction of sp³-hybridized carbons (Fsp3) is 0.429. The largest absolute Gasteiger partial charge is 0.317 e. The number of amides is 1. The first-order chi connectivity index (χ1) is 10.2. The summed E-state index contributed by atoms with van der Waals surface area (Å²) in [6.07, 6.45) is 3.75. The second kappa shape index (κ2) is 6.28. The third-order valence-corrected chi connectivity index (χ3v) is 4.19. The first kappa shape index (κ1) is 14.1. The summed E-state index contributed by atoms with van der Waals surface area (Å²) in [5, 5.41) is 8.50. The zero-order valence-electron chi connectivity index (χ0n) is 11.8. The van der Waals surface area contributed by atoms with Crippen LogP contribution in [0.4, 0.5) is 5.13 Å². The highest BCUT2D eigenvalue weighted by Gasteiger charge is 2.19. The molecule has 3 heterocycles. The molecule has 2 aromatic heterocycles. The molecule has 7 heteroatoms. The third kappa shape index (κ3) is 3.43. The Kier molecular flexibility index (Phi) is 4.21. The second-order valence-corrected chi connectivity index (χ2v) is 5.94. The van der Waals surface area contributed by atoms with E-state index in [0.717, 1.165) is 31.6 Å². The Morgan fingerprint density at radius 3 is 2.90 bits per heavy atom. The maximum Gasteiger partial charge on any atom is 0.276 e. The molecule has 0 spiro atoms. The van der Waals surface area contributed by atoms with Gasteiger partial charge in [0.05, 0.1) is 0 Å². The van der Waals surface area contributed by atoms with E-state index in [4.69, 9.17) is 0 Å². The fourth-order valence-corrected chi connectivity index (χ4v) is 3.00. The van der Waals surface area contributed by atoms with Crippen LogP contribution in [0.1, 0.15) is 40.8 Å². The summed E-state index contributed by atoms with van der Waals surface area (Å²) in [6, 6.07) is 1.81. The molecule has 21 heavy (non-hydrogen) atoms. The number of piperidine rings is 1. The minimum atomic E-state index is -0.231. The van der Waals surface area contributed by atoms with Crippen LogP contribution in [0.3, 0.4) is 0 Å². The van der Waals surface area contributed by atoms with Crippen molar-refractivity contribution in [1.29, 1.82) is 0 Å². The van der Waals surface area contributed by atoms with E-state index in [2.05, 4.69) is 25.6 Å². The first-order valence-corrected chi connectivity index (χ1v) is 7.87. The van der Waals surface area contributed by atoms with Gasteiger partial charge in [-0.2, -0.15) is 0 Å². The van der Waals surface area contributed by atoms with Crippen molar-refractivity contribution in [3.8, 4) is 0 Å². The van der Waals surface area contributed by atoms with E-state index in [1.165, 1.54) is 11.3 Å². The van der Waals surface area contributed by atoms with Gasteiger partial charge in [-0.3, -0.25) is 10.1 Å². The molecule has 3 rings (SSSR count). The monoisotopic (exact) mass is 303 g/mol. The Morgan fingerprint density at radius 1 is 1.38 bits per heavy atom. The fourth-order valence-electron chi connectivity index (χ4n) is 2.48. The molecule has 0 aromatic carbocycles. The molecule has 2 N–H and O–H groups in total. The molecular formula is C14H17N5OS. The highest BCUT2D eigenvalue weighted by molar-refractivity contribution is 7.13. The van der Waals surface area contributed by atoms with Crippen LogP contribution in [0.15, 0.2) is 17.6 Å². The number of nitrogens with zero attached hydrogens (tertiary/aromatic N) is 3. The van der Waals surface area contributed by atoms with Gasteiger partial charge in [-0.05, 0) is 38.9 Å².